The van der Waals surface area contributed by atoms with Gasteiger partial charge in [0.05, 0.1) is 12.2 Å². The minimum Gasteiger partial charge on any atom is -0.491 e. The van der Waals surface area contributed by atoms with Crippen LogP contribution in [0.5, 0.6) is 11.5 Å². The van der Waals surface area contributed by atoms with E-state index in [1.807, 2.05) is 0 Å². The topological polar surface area (TPSA) is 36.9 Å². The molecule has 0 aromatic heterocycles. The van der Waals surface area contributed by atoms with Crippen LogP contribution in [0.25, 0.3) is 11.1 Å². The molecule has 156 valence electrons. The molecule has 2 unspecified atom stereocenters. The van der Waals surface area contributed by atoms with Gasteiger partial charge in [-0.2, -0.15) is 0 Å². The van der Waals surface area contributed by atoms with E-state index < -0.39 is 0 Å². The Morgan fingerprint density at radius 3 is 1.33 bits per heavy atom. The molecule has 2 aliphatic heterocycles. The van der Waals surface area contributed by atoms with Gasteiger partial charge in [0.25, 0.3) is 0 Å². The normalized spacial score (nSPS) is 22.9. The number of benzene rings is 2. The summed E-state index contributed by atoms with van der Waals surface area (Å²) in [5, 5.41) is 0. The van der Waals surface area contributed by atoms with E-state index in [-0.39, 0.29) is 12.2 Å². The maximum absolute atomic E-state index is 5.80. The van der Waals surface area contributed by atoms with Crippen LogP contribution in [0.15, 0.2) is 60.7 Å². The van der Waals surface area contributed by atoms with Crippen LogP contribution in [0.2, 0.25) is 0 Å². The second-order valence-corrected chi connectivity index (χ2v) is 8.12. The van der Waals surface area contributed by atoms with Crippen molar-refractivity contribution in [2.24, 2.45) is 0 Å². The molecule has 30 heavy (non-hydrogen) atoms. The van der Waals surface area contributed by atoms with Crippen molar-refractivity contribution in [1.82, 2.24) is 0 Å². The number of hydrogen-bond acceptors (Lipinski definition) is 4. The van der Waals surface area contributed by atoms with Crippen molar-refractivity contribution in [2.45, 2.75) is 37.9 Å². The number of allylic oxidation sites excluding steroid dienone is 4. The van der Waals surface area contributed by atoms with Crippen LogP contribution < -0.4 is 9.47 Å². The summed E-state index contributed by atoms with van der Waals surface area (Å²) in [5.41, 5.74) is 5.26. The van der Waals surface area contributed by atoms with Crippen LogP contribution in [0, 0.1) is 0 Å². The van der Waals surface area contributed by atoms with Crippen molar-refractivity contribution in [1.29, 1.82) is 0 Å². The van der Waals surface area contributed by atoms with Gasteiger partial charge in [0.2, 0.25) is 0 Å². The van der Waals surface area contributed by atoms with Gasteiger partial charge in [0, 0.05) is 26.1 Å². The first-order valence-electron chi connectivity index (χ1n) is 10.9. The van der Waals surface area contributed by atoms with Gasteiger partial charge < -0.3 is 18.9 Å². The lowest BCUT2D eigenvalue weighted by Crippen LogP contribution is -2.32. The largest absolute Gasteiger partial charge is 0.491 e. The quantitative estimate of drug-likeness (QED) is 0.600. The van der Waals surface area contributed by atoms with E-state index in [1.54, 1.807) is 0 Å². The van der Waals surface area contributed by atoms with Crippen LogP contribution >= 0.6 is 0 Å². The molecule has 2 heterocycles. The predicted octanol–water partition coefficient (Wildman–Crippen LogP) is 5.28. The fourth-order valence-corrected chi connectivity index (χ4v) is 3.86. The summed E-state index contributed by atoms with van der Waals surface area (Å²) < 4.78 is 22.4. The SMILES string of the molecule is C1=C(c2ccc(OCC3CCO3)cc2)CCC(c2ccc(OCC3CCO3)cc2)=C1. The molecule has 0 bridgehead atoms. The molecule has 0 N–H and O–H groups in total. The standard InChI is InChI=1S/C26H28O4/c1-2-20(22-7-11-24(12-8-22)30-18-26-14-16-28-26)4-3-19(1)21-5-9-23(10-6-21)29-17-25-13-15-27-25/h1-2,5-12,25-26H,3-4,13-18H2. The highest BCUT2D eigenvalue weighted by Gasteiger charge is 2.19. The molecule has 2 saturated heterocycles. The van der Waals surface area contributed by atoms with Gasteiger partial charge in [0.1, 0.15) is 24.7 Å². The number of rotatable bonds is 8. The Hall–Kier alpha value is -2.56. The molecule has 2 atom stereocenters. The molecular weight excluding hydrogens is 376 g/mol. The Morgan fingerprint density at radius 2 is 1.03 bits per heavy atom. The summed E-state index contributed by atoms with van der Waals surface area (Å²) in [7, 11) is 0. The molecule has 0 radical (unpaired) electrons. The second-order valence-electron chi connectivity index (χ2n) is 8.12. The Bertz CT molecular complexity index is 826. The smallest absolute Gasteiger partial charge is 0.119 e. The van der Waals surface area contributed by atoms with E-state index in [2.05, 4.69) is 60.7 Å². The minimum absolute atomic E-state index is 0.270. The molecule has 2 aromatic rings. The molecule has 0 amide bonds. The molecule has 2 aromatic carbocycles. The molecule has 0 spiro atoms. The number of hydrogen-bond donors (Lipinski definition) is 0. The second kappa shape index (κ2) is 9.07. The number of ether oxygens (including phenoxy) is 4. The fraction of sp³-hybridized carbons (Fsp3) is 0.385. The summed E-state index contributed by atoms with van der Waals surface area (Å²) in [6, 6.07) is 16.8. The fourth-order valence-electron chi connectivity index (χ4n) is 3.86. The first-order chi connectivity index (χ1) is 14.8. The molecule has 0 saturated carbocycles. The molecule has 4 heteroatoms. The highest BCUT2D eigenvalue weighted by Crippen LogP contribution is 2.33. The monoisotopic (exact) mass is 404 g/mol. The Morgan fingerprint density at radius 1 is 0.633 bits per heavy atom. The molecule has 5 rings (SSSR count). The van der Waals surface area contributed by atoms with Crippen LogP contribution in [-0.2, 0) is 9.47 Å². The van der Waals surface area contributed by atoms with E-state index in [9.17, 15) is 0 Å². The molecule has 1 aliphatic carbocycles. The van der Waals surface area contributed by atoms with Crippen molar-refractivity contribution in [2.75, 3.05) is 26.4 Å². The van der Waals surface area contributed by atoms with Gasteiger partial charge in [0.15, 0.2) is 0 Å². The lowest BCUT2D eigenvalue weighted by atomic mass is 9.90. The highest BCUT2D eigenvalue weighted by atomic mass is 16.6. The predicted molar refractivity (Wildman–Crippen MR) is 118 cm³/mol. The van der Waals surface area contributed by atoms with Crippen LogP contribution in [-0.4, -0.2) is 38.6 Å². The Balaban J connectivity index is 1.17. The van der Waals surface area contributed by atoms with Crippen molar-refractivity contribution in [3.63, 3.8) is 0 Å². The van der Waals surface area contributed by atoms with Crippen molar-refractivity contribution in [3.05, 3.63) is 71.8 Å². The summed E-state index contributed by atoms with van der Waals surface area (Å²) in [6.07, 6.45) is 9.32. The van der Waals surface area contributed by atoms with Gasteiger partial charge in [-0.1, -0.05) is 36.4 Å². The first kappa shape index (κ1) is 19.4. The van der Waals surface area contributed by atoms with E-state index in [0.717, 1.165) is 50.4 Å². The van der Waals surface area contributed by atoms with Gasteiger partial charge in [-0.25, -0.2) is 0 Å². The Kier molecular flexibility index (Phi) is 5.87. The van der Waals surface area contributed by atoms with Gasteiger partial charge in [-0.3, -0.25) is 0 Å². The van der Waals surface area contributed by atoms with Crippen LogP contribution in [0.3, 0.4) is 0 Å². The summed E-state index contributed by atoms with van der Waals surface area (Å²) >= 11 is 0. The highest BCUT2D eigenvalue weighted by molar-refractivity contribution is 5.78. The Labute approximate surface area is 178 Å². The van der Waals surface area contributed by atoms with E-state index >= 15 is 0 Å². The van der Waals surface area contributed by atoms with Crippen LogP contribution in [0.1, 0.15) is 36.8 Å². The third-order valence-corrected chi connectivity index (χ3v) is 6.06. The minimum atomic E-state index is 0.270. The van der Waals surface area contributed by atoms with Crippen molar-refractivity contribution in [3.8, 4) is 11.5 Å². The van der Waals surface area contributed by atoms with Gasteiger partial charge in [-0.15, -0.1) is 0 Å². The zero-order valence-electron chi connectivity index (χ0n) is 17.2. The molecule has 3 aliphatic rings. The lowest BCUT2D eigenvalue weighted by molar-refractivity contribution is -0.0721. The zero-order chi connectivity index (χ0) is 20.2. The molecular formula is C26H28O4. The third-order valence-electron chi connectivity index (χ3n) is 6.06. The molecule has 4 nitrogen and oxygen atoms in total. The average molecular weight is 405 g/mol. The zero-order valence-corrected chi connectivity index (χ0v) is 17.2. The summed E-state index contributed by atoms with van der Waals surface area (Å²) in [5.74, 6) is 1.82. The van der Waals surface area contributed by atoms with E-state index in [4.69, 9.17) is 18.9 Å². The lowest BCUT2D eigenvalue weighted by Gasteiger charge is -2.26. The maximum atomic E-state index is 5.80. The van der Waals surface area contributed by atoms with Gasteiger partial charge >= 0.3 is 0 Å². The van der Waals surface area contributed by atoms with Crippen molar-refractivity contribution < 1.29 is 18.9 Å². The van der Waals surface area contributed by atoms with E-state index in [0.29, 0.717) is 13.2 Å². The van der Waals surface area contributed by atoms with Crippen LogP contribution in [0.4, 0.5) is 0 Å². The third kappa shape index (κ3) is 4.61. The summed E-state index contributed by atoms with van der Waals surface area (Å²) in [6.45, 7) is 3.02. The average Bonchev–Trinajstić information content (AvgIpc) is 2.73. The first-order valence-corrected chi connectivity index (χ1v) is 10.9. The maximum Gasteiger partial charge on any atom is 0.119 e. The van der Waals surface area contributed by atoms with Crippen molar-refractivity contribution >= 4 is 11.1 Å². The summed E-state index contributed by atoms with van der Waals surface area (Å²) in [4.78, 5) is 0. The molecule has 2 fully saturated rings. The van der Waals surface area contributed by atoms with E-state index in [1.165, 1.54) is 22.3 Å². The van der Waals surface area contributed by atoms with Gasteiger partial charge in [-0.05, 0) is 59.4 Å².